The standard InChI is InChI=1S/C30H36F2N8O/c1-6-25(41)29(39-12-10-38(7-2)11-13-39)20-8-9-26(33-16-20)36-30-34-17-23(32)27(37-30)21-14-22(31)28-24(15-21)40(18(3)4)19(5)35-28/h8-9,14-18,29H,6-7,10-13H2,1-5H3,(H,33,34,36,37). The summed E-state index contributed by atoms with van der Waals surface area (Å²) in [7, 11) is 0. The predicted octanol–water partition coefficient (Wildman–Crippen LogP) is 5.46. The topological polar surface area (TPSA) is 92.1 Å². The first-order chi connectivity index (χ1) is 19.7. The summed E-state index contributed by atoms with van der Waals surface area (Å²) in [6.07, 6.45) is 3.18. The second-order valence-electron chi connectivity index (χ2n) is 10.6. The lowest BCUT2D eigenvalue weighted by atomic mass is 10.00. The number of hydrogen-bond acceptors (Lipinski definition) is 8. The minimum absolute atomic E-state index is 0.0334. The van der Waals surface area contributed by atoms with E-state index in [4.69, 9.17) is 0 Å². The fourth-order valence-corrected chi connectivity index (χ4v) is 5.57. The lowest BCUT2D eigenvalue weighted by Crippen LogP contribution is -2.49. The minimum atomic E-state index is -0.672. The van der Waals surface area contributed by atoms with Crippen LogP contribution in [0.1, 0.15) is 57.6 Å². The van der Waals surface area contributed by atoms with E-state index in [9.17, 15) is 9.18 Å². The zero-order chi connectivity index (χ0) is 29.3. The van der Waals surface area contributed by atoms with Crippen LogP contribution in [0.2, 0.25) is 0 Å². The van der Waals surface area contributed by atoms with Gasteiger partial charge in [-0.1, -0.05) is 19.9 Å². The first kappa shape index (κ1) is 28.7. The first-order valence-corrected chi connectivity index (χ1v) is 14.1. The number of nitrogens with zero attached hydrogens (tertiary/aromatic N) is 7. The Morgan fingerprint density at radius 3 is 2.39 bits per heavy atom. The Labute approximate surface area is 238 Å². The summed E-state index contributed by atoms with van der Waals surface area (Å²) in [6.45, 7) is 14.3. The fourth-order valence-electron chi connectivity index (χ4n) is 5.57. The molecule has 1 fully saturated rings. The molecule has 41 heavy (non-hydrogen) atoms. The Bertz CT molecular complexity index is 1540. The number of Topliss-reactive ketones (excluding diaryl/α,β-unsaturated/α-hetero) is 1. The maximum absolute atomic E-state index is 15.0. The van der Waals surface area contributed by atoms with E-state index in [0.717, 1.165) is 44.5 Å². The number of piperazine rings is 1. The number of aryl methyl sites for hydroxylation is 1. The van der Waals surface area contributed by atoms with Crippen LogP contribution in [0.25, 0.3) is 22.3 Å². The highest BCUT2D eigenvalue weighted by Crippen LogP contribution is 2.31. The van der Waals surface area contributed by atoms with Crippen molar-refractivity contribution in [2.75, 3.05) is 38.0 Å². The van der Waals surface area contributed by atoms with Gasteiger partial charge in [-0.05, 0) is 51.1 Å². The number of benzene rings is 1. The Hall–Kier alpha value is -3.83. The van der Waals surface area contributed by atoms with E-state index < -0.39 is 11.6 Å². The van der Waals surface area contributed by atoms with E-state index in [2.05, 4.69) is 42.0 Å². The Kier molecular flexibility index (Phi) is 8.37. The third-order valence-corrected chi connectivity index (χ3v) is 7.67. The van der Waals surface area contributed by atoms with Gasteiger partial charge in [0.25, 0.3) is 0 Å². The van der Waals surface area contributed by atoms with E-state index in [1.807, 2.05) is 38.3 Å². The number of anilines is 2. The molecule has 4 heterocycles. The molecule has 9 nitrogen and oxygen atoms in total. The van der Waals surface area contributed by atoms with Crippen molar-refractivity contribution in [3.63, 3.8) is 0 Å². The van der Waals surface area contributed by atoms with Gasteiger partial charge in [-0.3, -0.25) is 9.69 Å². The molecule has 0 radical (unpaired) electrons. The van der Waals surface area contributed by atoms with Gasteiger partial charge in [0.15, 0.2) is 17.4 Å². The fraction of sp³-hybridized carbons (Fsp3) is 0.433. The number of fused-ring (bicyclic) bond motifs is 1. The number of pyridine rings is 1. The molecule has 1 N–H and O–H groups in total. The molecular formula is C30H36F2N8O. The maximum atomic E-state index is 15.0. The molecule has 0 saturated carbocycles. The van der Waals surface area contributed by atoms with Gasteiger partial charge in [0, 0.05) is 50.4 Å². The maximum Gasteiger partial charge on any atom is 0.229 e. The Balaban J connectivity index is 1.40. The van der Waals surface area contributed by atoms with Crippen LogP contribution >= 0.6 is 0 Å². The summed E-state index contributed by atoms with van der Waals surface area (Å²) in [6, 6.07) is 6.28. The third kappa shape index (κ3) is 5.82. The average Bonchev–Trinajstić information content (AvgIpc) is 3.32. The minimum Gasteiger partial charge on any atom is -0.326 e. The molecule has 216 valence electrons. The summed E-state index contributed by atoms with van der Waals surface area (Å²) >= 11 is 0. The Morgan fingerprint density at radius 2 is 1.76 bits per heavy atom. The Morgan fingerprint density at radius 1 is 1.00 bits per heavy atom. The van der Waals surface area contributed by atoms with Crippen molar-refractivity contribution in [3.8, 4) is 11.3 Å². The van der Waals surface area contributed by atoms with Gasteiger partial charge >= 0.3 is 0 Å². The first-order valence-electron chi connectivity index (χ1n) is 14.1. The molecule has 0 amide bonds. The van der Waals surface area contributed by atoms with Crippen LogP contribution in [0.5, 0.6) is 0 Å². The van der Waals surface area contributed by atoms with E-state index in [-0.39, 0.29) is 40.6 Å². The van der Waals surface area contributed by atoms with Gasteiger partial charge in [0.1, 0.15) is 22.9 Å². The number of aromatic nitrogens is 5. The molecule has 1 unspecified atom stereocenters. The molecule has 0 aliphatic carbocycles. The third-order valence-electron chi connectivity index (χ3n) is 7.67. The van der Waals surface area contributed by atoms with E-state index in [0.29, 0.717) is 23.6 Å². The van der Waals surface area contributed by atoms with E-state index in [1.54, 1.807) is 18.3 Å². The van der Waals surface area contributed by atoms with Gasteiger partial charge < -0.3 is 14.8 Å². The van der Waals surface area contributed by atoms with Crippen molar-refractivity contribution in [2.45, 2.75) is 53.1 Å². The number of likely N-dealkylation sites (N-methyl/N-ethyl adjacent to an activating group) is 1. The van der Waals surface area contributed by atoms with E-state index >= 15 is 4.39 Å². The number of halogens is 2. The number of carbonyl (C=O) groups excluding carboxylic acids is 1. The number of nitrogens with one attached hydrogen (secondary N) is 1. The molecule has 3 aromatic heterocycles. The van der Waals surface area contributed by atoms with Crippen LogP contribution in [0, 0.1) is 18.6 Å². The summed E-state index contributed by atoms with van der Waals surface area (Å²) in [5.74, 6) is 0.179. The number of hydrogen-bond donors (Lipinski definition) is 1. The molecular weight excluding hydrogens is 526 g/mol. The SMILES string of the molecule is CCC(=O)C(c1ccc(Nc2ncc(F)c(-c3cc(F)c4nc(C)n(C(C)C)c4c3)n2)nc1)N1CCN(CC)CC1. The summed E-state index contributed by atoms with van der Waals surface area (Å²) in [4.78, 5) is 34.8. The van der Waals surface area contributed by atoms with Crippen molar-refractivity contribution < 1.29 is 13.6 Å². The molecule has 1 saturated heterocycles. The predicted molar refractivity (Wildman–Crippen MR) is 155 cm³/mol. The summed E-state index contributed by atoms with van der Waals surface area (Å²) in [5, 5.41) is 3.01. The molecule has 1 aromatic carbocycles. The van der Waals surface area contributed by atoms with Gasteiger partial charge in [-0.15, -0.1) is 0 Å². The van der Waals surface area contributed by atoms with Crippen LogP contribution in [0.3, 0.4) is 0 Å². The van der Waals surface area contributed by atoms with Crippen LogP contribution in [-0.4, -0.2) is 72.8 Å². The average molecular weight is 563 g/mol. The zero-order valence-electron chi connectivity index (χ0n) is 24.2. The van der Waals surface area contributed by atoms with Crippen LogP contribution in [0.15, 0.2) is 36.7 Å². The lowest BCUT2D eigenvalue weighted by molar-refractivity contribution is -0.125. The molecule has 5 rings (SSSR count). The van der Waals surface area contributed by atoms with Crippen molar-refractivity contribution in [3.05, 3.63) is 59.7 Å². The van der Waals surface area contributed by atoms with Crippen molar-refractivity contribution in [1.82, 2.24) is 34.3 Å². The highest BCUT2D eigenvalue weighted by atomic mass is 19.1. The largest absolute Gasteiger partial charge is 0.326 e. The molecule has 1 aliphatic heterocycles. The number of imidazole rings is 1. The quantitative estimate of drug-likeness (QED) is 0.288. The highest BCUT2D eigenvalue weighted by molar-refractivity contribution is 5.85. The zero-order valence-corrected chi connectivity index (χ0v) is 24.2. The number of carbonyl (C=O) groups is 1. The van der Waals surface area contributed by atoms with Gasteiger partial charge in [0.05, 0.1) is 17.8 Å². The molecule has 4 aromatic rings. The van der Waals surface area contributed by atoms with Crippen molar-refractivity contribution >= 4 is 28.6 Å². The van der Waals surface area contributed by atoms with Crippen LogP contribution in [-0.2, 0) is 4.79 Å². The second kappa shape index (κ2) is 12.0. The lowest BCUT2D eigenvalue weighted by Gasteiger charge is -2.38. The van der Waals surface area contributed by atoms with Crippen molar-refractivity contribution in [1.29, 1.82) is 0 Å². The second-order valence-corrected chi connectivity index (χ2v) is 10.6. The normalized spacial score (nSPS) is 15.5. The smallest absolute Gasteiger partial charge is 0.229 e. The molecule has 0 bridgehead atoms. The van der Waals surface area contributed by atoms with Crippen LogP contribution < -0.4 is 5.32 Å². The molecule has 1 aliphatic rings. The summed E-state index contributed by atoms with van der Waals surface area (Å²) < 4.78 is 31.8. The molecule has 1 atom stereocenters. The number of ketones is 1. The van der Waals surface area contributed by atoms with Crippen molar-refractivity contribution in [2.24, 2.45) is 0 Å². The van der Waals surface area contributed by atoms with E-state index in [1.165, 1.54) is 6.07 Å². The van der Waals surface area contributed by atoms with Crippen LogP contribution in [0.4, 0.5) is 20.5 Å². The molecule has 11 heteroatoms. The number of rotatable bonds is 9. The van der Waals surface area contributed by atoms with Gasteiger partial charge in [-0.2, -0.15) is 0 Å². The highest BCUT2D eigenvalue weighted by Gasteiger charge is 2.29. The van der Waals surface area contributed by atoms with Gasteiger partial charge in [0.2, 0.25) is 5.95 Å². The van der Waals surface area contributed by atoms with Gasteiger partial charge in [-0.25, -0.2) is 28.7 Å². The monoisotopic (exact) mass is 562 g/mol. The summed E-state index contributed by atoms with van der Waals surface area (Å²) in [5.41, 5.74) is 1.89. The molecule has 0 spiro atoms.